The molecule has 0 aliphatic heterocycles. The van der Waals surface area contributed by atoms with Gasteiger partial charge in [-0.15, -0.1) is 0 Å². The molecule has 124 valence electrons. The van der Waals surface area contributed by atoms with Gasteiger partial charge < -0.3 is 15.0 Å². The molecule has 1 atom stereocenters. The van der Waals surface area contributed by atoms with Crippen LogP contribution in [-0.2, 0) is 20.9 Å². The van der Waals surface area contributed by atoms with Gasteiger partial charge in [-0.25, -0.2) is 0 Å². The molecule has 0 fully saturated rings. The number of hydrogen-bond donors (Lipinski definition) is 1. The zero-order chi connectivity index (χ0) is 16.7. The Morgan fingerprint density at radius 2 is 2.00 bits per heavy atom. The molecule has 1 amide bonds. The minimum Gasteiger partial charge on any atom is -0.456 e. The Bertz CT molecular complexity index is 564. The molecule has 0 saturated carbocycles. The summed E-state index contributed by atoms with van der Waals surface area (Å²) in [6.45, 7) is 0.209. The normalized spacial score (nSPS) is 16.2. The third-order valence-electron chi connectivity index (χ3n) is 3.85. The van der Waals surface area contributed by atoms with Crippen molar-refractivity contribution in [3.63, 3.8) is 0 Å². The number of rotatable bonds is 7. The van der Waals surface area contributed by atoms with Crippen molar-refractivity contribution < 1.29 is 14.3 Å². The average Bonchev–Trinajstić information content (AvgIpc) is 3.04. The molecule has 5 nitrogen and oxygen atoms in total. The molecule has 0 radical (unpaired) electrons. The number of benzene rings is 1. The van der Waals surface area contributed by atoms with Crippen molar-refractivity contribution in [2.75, 3.05) is 25.6 Å². The predicted octanol–water partition coefficient (Wildman–Crippen LogP) is 2.27. The second-order valence-corrected chi connectivity index (χ2v) is 5.97. The number of nitrogens with zero attached hydrogens (tertiary/aromatic N) is 1. The molecule has 0 bridgehead atoms. The van der Waals surface area contributed by atoms with Gasteiger partial charge in [-0.2, -0.15) is 0 Å². The fourth-order valence-corrected chi connectivity index (χ4v) is 2.45. The monoisotopic (exact) mass is 316 g/mol. The molecule has 5 heteroatoms. The first-order chi connectivity index (χ1) is 11.0. The lowest BCUT2D eigenvalue weighted by molar-refractivity contribution is -0.149. The number of ether oxygens (including phenoxy) is 1. The molecule has 1 aromatic carbocycles. The van der Waals surface area contributed by atoms with E-state index in [2.05, 4.69) is 11.4 Å². The van der Waals surface area contributed by atoms with Crippen LogP contribution in [-0.4, -0.2) is 32.6 Å². The topological polar surface area (TPSA) is 58.6 Å². The minimum absolute atomic E-state index is 0.217. The Kier molecular flexibility index (Phi) is 6.20. The van der Waals surface area contributed by atoms with Crippen LogP contribution in [0.3, 0.4) is 0 Å². The van der Waals surface area contributed by atoms with Gasteiger partial charge in [0.15, 0.2) is 6.61 Å². The number of carbonyl (C=O) groups is 2. The molecule has 1 N–H and O–H groups in total. The van der Waals surface area contributed by atoms with Crippen molar-refractivity contribution in [3.05, 3.63) is 42.0 Å². The standard InChI is InChI=1S/C18H24N2O3/c1-20(2)16-9-7-15(8-10-16)12-19-17(21)13-23-18(22)11-14-5-3-4-6-14/h3,5,7-10,14H,4,6,11-13H2,1-2H3,(H,19,21)/t14-/m0/s1. The highest BCUT2D eigenvalue weighted by molar-refractivity contribution is 5.80. The van der Waals surface area contributed by atoms with E-state index in [0.717, 1.165) is 24.1 Å². The zero-order valence-electron chi connectivity index (χ0n) is 13.7. The molecule has 2 rings (SSSR count). The Morgan fingerprint density at radius 3 is 2.61 bits per heavy atom. The molecule has 23 heavy (non-hydrogen) atoms. The van der Waals surface area contributed by atoms with Gasteiger partial charge in [-0.1, -0.05) is 24.3 Å². The third kappa shape index (κ3) is 5.77. The second-order valence-electron chi connectivity index (χ2n) is 5.97. The van der Waals surface area contributed by atoms with Gasteiger partial charge in [-0.05, 0) is 36.5 Å². The van der Waals surface area contributed by atoms with Gasteiger partial charge in [0.05, 0.1) is 6.42 Å². The fourth-order valence-electron chi connectivity index (χ4n) is 2.45. The number of amides is 1. The van der Waals surface area contributed by atoms with Crippen LogP contribution in [0.25, 0.3) is 0 Å². The lowest BCUT2D eigenvalue weighted by Gasteiger charge is -2.13. The summed E-state index contributed by atoms with van der Waals surface area (Å²) in [5, 5.41) is 2.75. The van der Waals surface area contributed by atoms with Crippen LogP contribution >= 0.6 is 0 Å². The fraction of sp³-hybridized carbons (Fsp3) is 0.444. The van der Waals surface area contributed by atoms with Crippen molar-refractivity contribution in [1.29, 1.82) is 0 Å². The minimum atomic E-state index is -0.313. The molecule has 0 spiro atoms. The number of esters is 1. The van der Waals surface area contributed by atoms with Gasteiger partial charge in [0.1, 0.15) is 0 Å². The van der Waals surface area contributed by atoms with Gasteiger partial charge in [0.25, 0.3) is 5.91 Å². The van der Waals surface area contributed by atoms with Crippen molar-refractivity contribution in [2.45, 2.75) is 25.8 Å². The Labute approximate surface area is 137 Å². The summed E-state index contributed by atoms with van der Waals surface area (Å²) in [6.07, 6.45) is 6.48. The van der Waals surface area contributed by atoms with Crippen LogP contribution in [0.2, 0.25) is 0 Å². The van der Waals surface area contributed by atoms with Crippen molar-refractivity contribution in [1.82, 2.24) is 5.32 Å². The van der Waals surface area contributed by atoms with Crippen LogP contribution in [0, 0.1) is 5.92 Å². The first-order valence-electron chi connectivity index (χ1n) is 7.90. The van der Waals surface area contributed by atoms with E-state index in [4.69, 9.17) is 4.74 Å². The molecule has 0 heterocycles. The Balaban J connectivity index is 1.66. The number of carbonyl (C=O) groups excluding carboxylic acids is 2. The number of nitrogens with one attached hydrogen (secondary N) is 1. The third-order valence-corrected chi connectivity index (χ3v) is 3.85. The molecule has 1 aliphatic rings. The Hall–Kier alpha value is -2.30. The molecule has 0 saturated heterocycles. The summed E-state index contributed by atoms with van der Waals surface area (Å²) >= 11 is 0. The quantitative estimate of drug-likeness (QED) is 0.619. The van der Waals surface area contributed by atoms with Crippen molar-refractivity contribution >= 4 is 17.6 Å². The maximum absolute atomic E-state index is 11.7. The molecule has 1 aromatic rings. The maximum Gasteiger partial charge on any atom is 0.306 e. The van der Waals surface area contributed by atoms with Crippen LogP contribution in [0.1, 0.15) is 24.8 Å². The highest BCUT2D eigenvalue weighted by atomic mass is 16.5. The summed E-state index contributed by atoms with van der Waals surface area (Å²) in [5.74, 6) is -0.329. The SMILES string of the molecule is CN(C)c1ccc(CNC(=O)COC(=O)C[C@H]2C=CCC2)cc1. The second kappa shape index (κ2) is 8.36. The number of hydrogen-bond acceptors (Lipinski definition) is 4. The number of allylic oxidation sites excluding steroid dienone is 2. The van der Waals surface area contributed by atoms with Crippen molar-refractivity contribution in [2.24, 2.45) is 5.92 Å². The highest BCUT2D eigenvalue weighted by Crippen LogP contribution is 2.20. The highest BCUT2D eigenvalue weighted by Gasteiger charge is 2.15. The van der Waals surface area contributed by atoms with E-state index in [9.17, 15) is 9.59 Å². The summed E-state index contributed by atoms with van der Waals surface area (Å²) in [4.78, 5) is 25.4. The summed E-state index contributed by atoms with van der Waals surface area (Å²) in [7, 11) is 3.96. The lowest BCUT2D eigenvalue weighted by Crippen LogP contribution is -2.28. The van der Waals surface area contributed by atoms with E-state index in [1.807, 2.05) is 49.3 Å². The maximum atomic E-state index is 11.7. The summed E-state index contributed by atoms with van der Waals surface area (Å²) in [6, 6.07) is 7.93. The lowest BCUT2D eigenvalue weighted by atomic mass is 10.1. The zero-order valence-corrected chi connectivity index (χ0v) is 13.7. The van der Waals surface area contributed by atoms with E-state index in [0.29, 0.717) is 13.0 Å². The molecule has 1 aliphatic carbocycles. The summed E-state index contributed by atoms with van der Waals surface area (Å²) < 4.78 is 5.01. The molecule has 0 unspecified atom stereocenters. The smallest absolute Gasteiger partial charge is 0.306 e. The van der Waals surface area contributed by atoms with Crippen molar-refractivity contribution in [3.8, 4) is 0 Å². The molecule has 0 aromatic heterocycles. The van der Waals surface area contributed by atoms with Gasteiger partial charge in [0, 0.05) is 26.3 Å². The van der Waals surface area contributed by atoms with E-state index >= 15 is 0 Å². The first kappa shape index (κ1) is 17.1. The first-order valence-corrected chi connectivity index (χ1v) is 7.90. The van der Waals surface area contributed by atoms with E-state index in [-0.39, 0.29) is 24.4 Å². The average molecular weight is 316 g/mol. The number of anilines is 1. The Morgan fingerprint density at radius 1 is 1.26 bits per heavy atom. The van der Waals surface area contributed by atoms with Crippen LogP contribution in [0.5, 0.6) is 0 Å². The predicted molar refractivity (Wildman–Crippen MR) is 90.1 cm³/mol. The van der Waals surface area contributed by atoms with Gasteiger partial charge in [-0.3, -0.25) is 9.59 Å². The molecular formula is C18H24N2O3. The van der Waals surface area contributed by atoms with Gasteiger partial charge >= 0.3 is 5.97 Å². The van der Waals surface area contributed by atoms with E-state index in [1.165, 1.54) is 0 Å². The summed E-state index contributed by atoms with van der Waals surface area (Å²) in [5.41, 5.74) is 2.11. The van der Waals surface area contributed by atoms with E-state index < -0.39 is 0 Å². The van der Waals surface area contributed by atoms with Gasteiger partial charge in [0.2, 0.25) is 0 Å². The largest absolute Gasteiger partial charge is 0.456 e. The van der Waals surface area contributed by atoms with Crippen LogP contribution < -0.4 is 10.2 Å². The van der Waals surface area contributed by atoms with Crippen LogP contribution in [0.4, 0.5) is 5.69 Å². The van der Waals surface area contributed by atoms with Crippen LogP contribution in [0.15, 0.2) is 36.4 Å². The van der Waals surface area contributed by atoms with E-state index in [1.54, 1.807) is 0 Å². The molecular weight excluding hydrogens is 292 g/mol.